The summed E-state index contributed by atoms with van der Waals surface area (Å²) in [4.78, 5) is 25.7. The number of hydrogen-bond donors (Lipinski definition) is 3. The van der Waals surface area contributed by atoms with Crippen LogP contribution in [0.25, 0.3) is 0 Å². The Bertz CT molecular complexity index is 616. The molecule has 0 aliphatic carbocycles. The molecule has 0 bridgehead atoms. The molecule has 1 atom stereocenters. The second kappa shape index (κ2) is 5.93. The molecule has 1 fully saturated rings. The molecule has 1 unspecified atom stereocenters. The SMILES string of the molecule is CCC1(CC)CC(Nc2c(N)n(C)c(=O)[nH]c2=O)CCO1. The van der Waals surface area contributed by atoms with E-state index in [1.54, 1.807) is 0 Å². The van der Waals surface area contributed by atoms with E-state index < -0.39 is 11.2 Å². The van der Waals surface area contributed by atoms with Gasteiger partial charge in [-0.15, -0.1) is 0 Å². The number of nitrogens with one attached hydrogen (secondary N) is 2. The molecule has 1 aliphatic rings. The van der Waals surface area contributed by atoms with Crippen LogP contribution in [0.1, 0.15) is 39.5 Å². The highest BCUT2D eigenvalue weighted by Crippen LogP contribution is 2.32. The number of aromatic nitrogens is 2. The summed E-state index contributed by atoms with van der Waals surface area (Å²) in [5.74, 6) is 0.161. The highest BCUT2D eigenvalue weighted by Gasteiger charge is 2.35. The van der Waals surface area contributed by atoms with Crippen molar-refractivity contribution in [2.24, 2.45) is 7.05 Å². The molecule has 0 amide bonds. The molecule has 7 nitrogen and oxygen atoms in total. The summed E-state index contributed by atoms with van der Waals surface area (Å²) in [7, 11) is 1.53. The summed E-state index contributed by atoms with van der Waals surface area (Å²) in [6.45, 7) is 4.88. The monoisotopic (exact) mass is 296 g/mol. The second-order valence-corrected chi connectivity index (χ2v) is 5.65. The van der Waals surface area contributed by atoms with Crippen LogP contribution in [-0.4, -0.2) is 27.8 Å². The molecule has 2 heterocycles. The van der Waals surface area contributed by atoms with Crippen LogP contribution in [0.4, 0.5) is 11.5 Å². The van der Waals surface area contributed by atoms with Crippen LogP contribution in [0.5, 0.6) is 0 Å². The van der Waals surface area contributed by atoms with Crippen molar-refractivity contribution in [2.75, 3.05) is 17.7 Å². The van der Waals surface area contributed by atoms with Crippen molar-refractivity contribution in [3.8, 4) is 0 Å². The fourth-order valence-corrected chi connectivity index (χ4v) is 2.87. The summed E-state index contributed by atoms with van der Waals surface area (Å²) in [6, 6.07) is 0.111. The van der Waals surface area contributed by atoms with E-state index in [0.717, 1.165) is 25.7 Å². The van der Waals surface area contributed by atoms with Gasteiger partial charge < -0.3 is 15.8 Å². The van der Waals surface area contributed by atoms with Gasteiger partial charge >= 0.3 is 5.69 Å². The molecule has 1 aliphatic heterocycles. The summed E-state index contributed by atoms with van der Waals surface area (Å²) in [6.07, 6.45) is 3.49. The molecule has 1 aromatic rings. The summed E-state index contributed by atoms with van der Waals surface area (Å²) in [5.41, 5.74) is 5.03. The number of ether oxygens (including phenoxy) is 1. The van der Waals surface area contributed by atoms with Gasteiger partial charge in [0.15, 0.2) is 0 Å². The molecule has 0 aromatic carbocycles. The van der Waals surface area contributed by atoms with Crippen LogP contribution in [0.15, 0.2) is 9.59 Å². The van der Waals surface area contributed by atoms with Gasteiger partial charge in [-0.1, -0.05) is 13.8 Å². The van der Waals surface area contributed by atoms with Crippen LogP contribution < -0.4 is 22.3 Å². The van der Waals surface area contributed by atoms with Crippen molar-refractivity contribution in [1.29, 1.82) is 0 Å². The lowest BCUT2D eigenvalue weighted by molar-refractivity contribution is -0.0864. The standard InChI is InChI=1S/C14H24N4O3/c1-4-14(5-2)8-9(6-7-21-14)16-10-11(15)18(3)13(20)17-12(10)19/h9,16H,4-8,15H2,1-3H3,(H,17,19,20). The number of anilines is 2. The first kappa shape index (κ1) is 15.6. The molecule has 2 rings (SSSR count). The van der Waals surface area contributed by atoms with E-state index in [0.29, 0.717) is 6.61 Å². The Hall–Kier alpha value is -1.76. The molecular weight excluding hydrogens is 272 g/mol. The molecule has 118 valence electrons. The Labute approximate surface area is 123 Å². The van der Waals surface area contributed by atoms with E-state index in [4.69, 9.17) is 10.5 Å². The second-order valence-electron chi connectivity index (χ2n) is 5.65. The Morgan fingerprint density at radius 1 is 1.43 bits per heavy atom. The third kappa shape index (κ3) is 2.97. The topological polar surface area (TPSA) is 102 Å². The van der Waals surface area contributed by atoms with Crippen LogP contribution in [-0.2, 0) is 11.8 Å². The molecule has 1 aromatic heterocycles. The average molecular weight is 296 g/mol. The van der Waals surface area contributed by atoms with Gasteiger partial charge in [0.25, 0.3) is 5.56 Å². The fourth-order valence-electron chi connectivity index (χ4n) is 2.87. The van der Waals surface area contributed by atoms with Gasteiger partial charge in [0.05, 0.1) is 5.60 Å². The van der Waals surface area contributed by atoms with Crippen molar-refractivity contribution in [3.63, 3.8) is 0 Å². The predicted molar refractivity (Wildman–Crippen MR) is 82.6 cm³/mol. The van der Waals surface area contributed by atoms with E-state index in [1.807, 2.05) is 0 Å². The van der Waals surface area contributed by atoms with Crippen molar-refractivity contribution in [1.82, 2.24) is 9.55 Å². The number of aromatic amines is 1. The van der Waals surface area contributed by atoms with Gasteiger partial charge in [-0.05, 0) is 25.7 Å². The van der Waals surface area contributed by atoms with E-state index >= 15 is 0 Å². The predicted octanol–water partition coefficient (Wildman–Crippen LogP) is 0.806. The molecule has 0 saturated carbocycles. The molecule has 4 N–H and O–H groups in total. The average Bonchev–Trinajstić information content (AvgIpc) is 2.49. The van der Waals surface area contributed by atoms with Crippen molar-refractivity contribution in [2.45, 2.75) is 51.2 Å². The van der Waals surface area contributed by atoms with E-state index in [1.165, 1.54) is 11.6 Å². The lowest BCUT2D eigenvalue weighted by Gasteiger charge is -2.40. The minimum atomic E-state index is -0.508. The smallest absolute Gasteiger partial charge is 0.329 e. The van der Waals surface area contributed by atoms with Crippen LogP contribution in [0.3, 0.4) is 0 Å². The number of nitrogen functional groups attached to an aromatic ring is 1. The van der Waals surface area contributed by atoms with Crippen LogP contribution in [0, 0.1) is 0 Å². The lowest BCUT2D eigenvalue weighted by atomic mass is 9.86. The van der Waals surface area contributed by atoms with E-state index in [2.05, 4.69) is 24.1 Å². The van der Waals surface area contributed by atoms with Gasteiger partial charge in [-0.3, -0.25) is 14.3 Å². The number of rotatable bonds is 4. The first-order valence-electron chi connectivity index (χ1n) is 7.41. The van der Waals surface area contributed by atoms with Crippen molar-refractivity contribution in [3.05, 3.63) is 20.8 Å². The molecule has 1 saturated heterocycles. The molecule has 0 radical (unpaired) electrons. The molecular formula is C14H24N4O3. The molecule has 7 heteroatoms. The van der Waals surface area contributed by atoms with Crippen LogP contribution >= 0.6 is 0 Å². The molecule has 0 spiro atoms. The number of hydrogen-bond acceptors (Lipinski definition) is 5. The van der Waals surface area contributed by atoms with Gasteiger partial charge in [-0.25, -0.2) is 4.79 Å². The van der Waals surface area contributed by atoms with Gasteiger partial charge in [-0.2, -0.15) is 0 Å². The van der Waals surface area contributed by atoms with Crippen molar-refractivity contribution >= 4 is 11.5 Å². The first-order chi connectivity index (χ1) is 9.92. The Morgan fingerprint density at radius 3 is 2.71 bits per heavy atom. The highest BCUT2D eigenvalue weighted by molar-refractivity contribution is 5.60. The minimum absolute atomic E-state index is 0.111. The largest absolute Gasteiger partial charge is 0.383 e. The third-order valence-electron chi connectivity index (χ3n) is 4.50. The number of nitrogens with zero attached hydrogens (tertiary/aromatic N) is 1. The van der Waals surface area contributed by atoms with Gasteiger partial charge in [0.2, 0.25) is 0 Å². The Morgan fingerprint density at radius 2 is 2.10 bits per heavy atom. The Balaban J connectivity index is 2.25. The Kier molecular flexibility index (Phi) is 4.41. The van der Waals surface area contributed by atoms with Crippen molar-refractivity contribution < 1.29 is 4.74 Å². The first-order valence-corrected chi connectivity index (χ1v) is 7.41. The van der Waals surface area contributed by atoms with E-state index in [9.17, 15) is 9.59 Å². The zero-order chi connectivity index (χ0) is 15.6. The minimum Gasteiger partial charge on any atom is -0.383 e. The summed E-state index contributed by atoms with van der Waals surface area (Å²) in [5, 5.41) is 3.20. The lowest BCUT2D eigenvalue weighted by Crippen LogP contribution is -2.45. The summed E-state index contributed by atoms with van der Waals surface area (Å²) < 4.78 is 7.15. The summed E-state index contributed by atoms with van der Waals surface area (Å²) >= 11 is 0. The maximum absolute atomic E-state index is 11.9. The van der Waals surface area contributed by atoms with Gasteiger partial charge in [0, 0.05) is 19.7 Å². The maximum atomic E-state index is 11.9. The maximum Gasteiger partial charge on any atom is 0.329 e. The quantitative estimate of drug-likeness (QED) is 0.763. The van der Waals surface area contributed by atoms with Crippen LogP contribution in [0.2, 0.25) is 0 Å². The van der Waals surface area contributed by atoms with E-state index in [-0.39, 0.29) is 23.1 Å². The third-order valence-corrected chi connectivity index (χ3v) is 4.50. The normalized spacial score (nSPS) is 21.2. The highest BCUT2D eigenvalue weighted by atomic mass is 16.5. The zero-order valence-corrected chi connectivity index (χ0v) is 12.9. The zero-order valence-electron chi connectivity index (χ0n) is 12.9. The number of H-pyrrole nitrogens is 1. The number of nitrogens with two attached hydrogens (primary N) is 1. The molecule has 21 heavy (non-hydrogen) atoms. The van der Waals surface area contributed by atoms with Gasteiger partial charge in [0.1, 0.15) is 11.5 Å². The fraction of sp³-hybridized carbons (Fsp3) is 0.714.